The fourth-order valence-electron chi connectivity index (χ4n) is 8.35. The number of aryl methyl sites for hydroxylation is 1. The highest BCUT2D eigenvalue weighted by Crippen LogP contribution is 2.35. The predicted molar refractivity (Wildman–Crippen MR) is 278 cm³/mol. The van der Waals surface area contributed by atoms with E-state index in [1.807, 2.05) is 81.7 Å². The Morgan fingerprint density at radius 3 is 2.14 bits per heavy atom. The Morgan fingerprint density at radius 1 is 0.871 bits per heavy atom. The lowest BCUT2D eigenvalue weighted by atomic mass is 9.85. The number of thiazole rings is 1. The Kier molecular flexibility index (Phi) is 19.3. The molecule has 2 heterocycles. The van der Waals surface area contributed by atoms with Crippen LogP contribution in [-0.4, -0.2) is 95.2 Å². The molecule has 12 nitrogen and oxygen atoms in total. The summed E-state index contributed by atoms with van der Waals surface area (Å²) in [4.78, 5) is 61.5. The van der Waals surface area contributed by atoms with E-state index >= 15 is 0 Å². The van der Waals surface area contributed by atoms with Crippen LogP contribution in [0, 0.1) is 24.2 Å². The zero-order valence-corrected chi connectivity index (χ0v) is 42.2. The average Bonchev–Trinajstić information content (AvgIpc) is 3.98. The number of carbonyl (C=O) groups excluding carboxylic acids is 4. The number of ether oxygens (including phenoxy) is 2. The van der Waals surface area contributed by atoms with Gasteiger partial charge in [0.1, 0.15) is 24.4 Å². The summed E-state index contributed by atoms with van der Waals surface area (Å²) in [6.45, 7) is 10.9. The van der Waals surface area contributed by atoms with Gasteiger partial charge in [0.2, 0.25) is 17.7 Å². The number of hydrogen-bond acceptors (Lipinski definition) is 9. The van der Waals surface area contributed by atoms with E-state index in [0.717, 1.165) is 39.2 Å². The molecule has 1 saturated heterocycles. The van der Waals surface area contributed by atoms with E-state index in [4.69, 9.17) is 9.47 Å². The van der Waals surface area contributed by atoms with Crippen LogP contribution in [0.25, 0.3) is 21.6 Å². The molecular formula is C57H67N5O7S. The Balaban J connectivity index is 0.872. The van der Waals surface area contributed by atoms with E-state index in [2.05, 4.69) is 95.0 Å². The van der Waals surface area contributed by atoms with Crippen molar-refractivity contribution < 1.29 is 33.8 Å². The number of carbonyl (C=O) groups is 4. The molecule has 70 heavy (non-hydrogen) atoms. The first-order valence-corrected chi connectivity index (χ1v) is 25.1. The summed E-state index contributed by atoms with van der Waals surface area (Å²) in [5.41, 5.74) is 9.99. The number of nitrogens with zero attached hydrogens (tertiary/aromatic N) is 3. The predicted octanol–water partition coefficient (Wildman–Crippen LogP) is 9.70. The van der Waals surface area contributed by atoms with Gasteiger partial charge < -0.3 is 35.0 Å². The van der Waals surface area contributed by atoms with Crippen molar-refractivity contribution in [1.82, 2.24) is 25.4 Å². The third-order valence-electron chi connectivity index (χ3n) is 12.2. The van der Waals surface area contributed by atoms with Crippen LogP contribution in [0.3, 0.4) is 0 Å². The molecule has 3 N–H and O–H groups in total. The number of nitrogens with one attached hydrogen (secondary N) is 2. The van der Waals surface area contributed by atoms with Crippen LogP contribution in [0.4, 0.5) is 4.79 Å². The molecule has 1 aromatic heterocycles. The minimum Gasteiger partial charge on any atom is -0.492 e. The summed E-state index contributed by atoms with van der Waals surface area (Å²) >= 11 is 1.58. The number of rotatable bonds is 20. The van der Waals surface area contributed by atoms with E-state index in [1.54, 1.807) is 18.4 Å². The van der Waals surface area contributed by atoms with Gasteiger partial charge >= 0.3 is 6.09 Å². The summed E-state index contributed by atoms with van der Waals surface area (Å²) in [7, 11) is 1.68. The normalized spacial score (nSPS) is 15.2. The molecule has 0 radical (unpaired) electrons. The van der Waals surface area contributed by atoms with Crippen molar-refractivity contribution >= 4 is 46.3 Å². The first kappa shape index (κ1) is 52.6. The van der Waals surface area contributed by atoms with Crippen molar-refractivity contribution in [3.8, 4) is 28.0 Å². The van der Waals surface area contributed by atoms with Crippen molar-refractivity contribution in [2.45, 2.75) is 104 Å². The third-order valence-corrected chi connectivity index (χ3v) is 13.2. The molecule has 0 unspecified atom stereocenters. The van der Waals surface area contributed by atoms with Gasteiger partial charge in [-0.1, -0.05) is 125 Å². The zero-order valence-electron chi connectivity index (χ0n) is 41.3. The van der Waals surface area contributed by atoms with Gasteiger partial charge in [-0.25, -0.2) is 9.78 Å². The molecule has 4 aromatic carbocycles. The molecular weight excluding hydrogens is 899 g/mol. The third kappa shape index (κ3) is 14.9. The minimum atomic E-state index is -0.905. The van der Waals surface area contributed by atoms with Gasteiger partial charge in [0, 0.05) is 45.8 Å². The van der Waals surface area contributed by atoms with Crippen LogP contribution in [0.1, 0.15) is 101 Å². The molecule has 4 amide bonds. The lowest BCUT2D eigenvalue weighted by Crippen LogP contribution is -2.57. The fraction of sp³-hybridized carbons (Fsp3) is 0.386. The standard InChI is InChI=1S/C57H67N5O7S/c1-7-48(42-20-14-12-15-21-42)51(43-22-16-13-17-23-43)44-29-31-47(32-30-44)68-35-33-61(6)56(67)69-34-19-11-9-8-10-18-24-50(64)60-53(57(3,4)5)55(66)62-38-46(63)36-49(62)54(65)58-37-41-25-27-45(28-26-41)52-40(2)59-39-70-52/h12-17,20-23,25-32,39,46,49,53,63H,7,10-11,18-19,24,33-38H2,1-6H3,(H,58,65)(H,60,64)/b51-48-/t46-,49+,53-/m1/s1. The second-order valence-electron chi connectivity index (χ2n) is 18.6. The van der Waals surface area contributed by atoms with Crippen LogP contribution < -0.4 is 15.4 Å². The fourth-order valence-corrected chi connectivity index (χ4v) is 9.16. The molecule has 1 aliphatic rings. The van der Waals surface area contributed by atoms with Crippen molar-refractivity contribution in [2.75, 3.05) is 33.4 Å². The highest BCUT2D eigenvalue weighted by molar-refractivity contribution is 7.13. The van der Waals surface area contributed by atoms with Gasteiger partial charge in [0.15, 0.2) is 0 Å². The average molecular weight is 966 g/mol. The number of amides is 4. The number of hydrogen-bond donors (Lipinski definition) is 3. The van der Waals surface area contributed by atoms with Gasteiger partial charge in [-0.15, -0.1) is 23.2 Å². The molecule has 6 rings (SSSR count). The maximum absolute atomic E-state index is 14.0. The molecule has 0 spiro atoms. The number of aliphatic hydroxyl groups excluding tert-OH is 1. The van der Waals surface area contributed by atoms with Crippen LogP contribution in [-0.2, 0) is 25.7 Å². The lowest BCUT2D eigenvalue weighted by Gasteiger charge is -2.35. The summed E-state index contributed by atoms with van der Waals surface area (Å²) in [6, 6.07) is 35.1. The second-order valence-corrected chi connectivity index (χ2v) is 19.5. The first-order valence-electron chi connectivity index (χ1n) is 24.2. The monoisotopic (exact) mass is 965 g/mol. The van der Waals surface area contributed by atoms with Crippen molar-refractivity contribution in [2.24, 2.45) is 5.41 Å². The number of aliphatic hydroxyl groups is 1. The summed E-state index contributed by atoms with van der Waals surface area (Å²) in [6.07, 6.45) is 1.95. The molecule has 0 bridgehead atoms. The Morgan fingerprint density at radius 2 is 1.51 bits per heavy atom. The molecule has 3 atom stereocenters. The van der Waals surface area contributed by atoms with Crippen LogP contribution >= 0.6 is 11.3 Å². The van der Waals surface area contributed by atoms with E-state index < -0.39 is 35.6 Å². The van der Waals surface area contributed by atoms with E-state index in [0.29, 0.717) is 44.6 Å². The summed E-state index contributed by atoms with van der Waals surface area (Å²) < 4.78 is 11.5. The largest absolute Gasteiger partial charge is 0.492 e. The topological polar surface area (TPSA) is 150 Å². The highest BCUT2D eigenvalue weighted by Gasteiger charge is 2.44. The van der Waals surface area contributed by atoms with Crippen LogP contribution in [0.2, 0.25) is 0 Å². The maximum atomic E-state index is 14.0. The Bertz CT molecular complexity index is 2600. The number of unbranched alkanes of at least 4 members (excludes halogenated alkanes) is 2. The summed E-state index contributed by atoms with van der Waals surface area (Å²) in [5, 5.41) is 16.4. The number of allylic oxidation sites excluding steroid dienone is 1. The Labute approximate surface area is 417 Å². The SMILES string of the molecule is CC/C(=C(\c1ccccc1)c1ccc(OCCN(C)C(=O)OCCCC#CCCCC(=O)N[C@H](C(=O)N2C[C@H](O)C[C@H]2C(=O)NCc2ccc(-c3scnc3C)cc2)C(C)(C)C)cc1)c1ccccc1. The van der Waals surface area contributed by atoms with Gasteiger partial charge in [0.25, 0.3) is 0 Å². The van der Waals surface area contributed by atoms with Crippen molar-refractivity contribution in [1.29, 1.82) is 0 Å². The first-order chi connectivity index (χ1) is 33.7. The van der Waals surface area contributed by atoms with Gasteiger partial charge in [-0.3, -0.25) is 14.4 Å². The second kappa shape index (κ2) is 25.7. The van der Waals surface area contributed by atoms with Gasteiger partial charge in [-0.2, -0.15) is 0 Å². The van der Waals surface area contributed by atoms with E-state index in [-0.39, 0.29) is 44.4 Å². The molecule has 0 saturated carbocycles. The number of likely N-dealkylation sites (N-methyl/N-ethyl adjacent to an activating group) is 1. The molecule has 13 heteroatoms. The molecule has 0 aliphatic carbocycles. The van der Waals surface area contributed by atoms with E-state index in [1.165, 1.54) is 26.5 Å². The Hall–Kier alpha value is -6.75. The molecule has 368 valence electrons. The number of aromatic nitrogens is 1. The van der Waals surface area contributed by atoms with E-state index in [9.17, 15) is 24.3 Å². The van der Waals surface area contributed by atoms with Gasteiger partial charge in [-0.05, 0) is 82.7 Å². The van der Waals surface area contributed by atoms with Crippen molar-refractivity contribution in [3.63, 3.8) is 0 Å². The molecule has 5 aromatic rings. The number of likely N-dealkylation sites (tertiary alicyclic amines) is 1. The van der Waals surface area contributed by atoms with Crippen molar-refractivity contribution in [3.05, 3.63) is 143 Å². The number of benzene rings is 4. The summed E-state index contributed by atoms with van der Waals surface area (Å²) in [5.74, 6) is 5.84. The highest BCUT2D eigenvalue weighted by atomic mass is 32.1. The van der Waals surface area contributed by atoms with Crippen LogP contribution in [0.15, 0.2) is 115 Å². The quantitative estimate of drug-likeness (QED) is 0.0397. The van der Waals surface area contributed by atoms with Gasteiger partial charge in [0.05, 0.1) is 35.3 Å². The lowest BCUT2D eigenvalue weighted by molar-refractivity contribution is -0.144. The number of β-amino-alcohol motifs (C(OH)–C–C–N with tert-alkyl or cyclic N) is 1. The van der Waals surface area contributed by atoms with Crippen LogP contribution in [0.5, 0.6) is 5.75 Å². The molecule has 1 fully saturated rings. The maximum Gasteiger partial charge on any atom is 0.409 e. The zero-order chi connectivity index (χ0) is 50.0. The molecule has 1 aliphatic heterocycles. The smallest absolute Gasteiger partial charge is 0.409 e. The minimum absolute atomic E-state index is 0.00407.